The normalized spacial score (nSPS) is 11.0. The number of anilines is 9. The molecule has 0 saturated heterocycles. The van der Waals surface area contributed by atoms with Crippen molar-refractivity contribution < 1.29 is 0 Å². The molecule has 0 aliphatic heterocycles. The minimum atomic E-state index is 1.11. The van der Waals surface area contributed by atoms with E-state index in [1.807, 2.05) is 0 Å². The smallest absolute Gasteiger partial charge is 0.0490 e. The van der Waals surface area contributed by atoms with Gasteiger partial charge in [0.25, 0.3) is 0 Å². The molecule has 0 fully saturated rings. The molecule has 0 atom stereocenters. The number of para-hydroxylation sites is 3. The van der Waals surface area contributed by atoms with Gasteiger partial charge in [-0.25, -0.2) is 0 Å². The molecule has 69 heavy (non-hydrogen) atoms. The quantitative estimate of drug-likeness (QED) is 0.121. The van der Waals surface area contributed by atoms with Gasteiger partial charge in [-0.3, -0.25) is 0 Å². The van der Waals surface area contributed by atoms with Crippen LogP contribution in [0.3, 0.4) is 0 Å². The van der Waals surface area contributed by atoms with Crippen LogP contribution in [0.5, 0.6) is 0 Å². The van der Waals surface area contributed by atoms with Crippen LogP contribution in [0.1, 0.15) is 33.4 Å². The summed E-state index contributed by atoms with van der Waals surface area (Å²) in [5.41, 5.74) is 24.6. The van der Waals surface area contributed by atoms with E-state index in [1.165, 1.54) is 50.4 Å². The van der Waals surface area contributed by atoms with E-state index in [0.29, 0.717) is 0 Å². The van der Waals surface area contributed by atoms with Crippen molar-refractivity contribution in [1.82, 2.24) is 0 Å². The molecule has 3 nitrogen and oxygen atoms in total. The molecule has 0 aromatic heterocycles. The summed E-state index contributed by atoms with van der Waals surface area (Å²) >= 11 is 0. The Labute approximate surface area is 408 Å². The molecular weight excluding hydrogens is 835 g/mol. The molecule has 0 radical (unpaired) electrons. The molecule has 0 amide bonds. The van der Waals surface area contributed by atoms with Crippen molar-refractivity contribution in [3.63, 3.8) is 0 Å². The lowest BCUT2D eigenvalue weighted by Crippen LogP contribution is -2.11. The summed E-state index contributed by atoms with van der Waals surface area (Å²) in [5.74, 6) is 0. The molecule has 0 heterocycles. The number of hydrogen-bond donors (Lipinski definition) is 0. The van der Waals surface area contributed by atoms with E-state index in [-0.39, 0.29) is 0 Å². The Morgan fingerprint density at radius 3 is 0.667 bits per heavy atom. The van der Waals surface area contributed by atoms with Gasteiger partial charge in [-0.1, -0.05) is 144 Å². The van der Waals surface area contributed by atoms with E-state index < -0.39 is 0 Å². The summed E-state index contributed by atoms with van der Waals surface area (Å²) in [6.07, 6.45) is 0. The molecule has 0 saturated carbocycles. The Hall–Kier alpha value is -8.40. The first-order valence-electron chi connectivity index (χ1n) is 23.9. The summed E-state index contributed by atoms with van der Waals surface area (Å²) in [5, 5.41) is 0. The van der Waals surface area contributed by atoms with Crippen molar-refractivity contribution in [3.8, 4) is 33.4 Å². The number of aryl methyl sites for hydroxylation is 6. The minimum Gasteiger partial charge on any atom is -0.310 e. The molecule has 0 unspecified atom stereocenters. The van der Waals surface area contributed by atoms with E-state index in [0.717, 1.165) is 67.5 Å². The van der Waals surface area contributed by atoms with Crippen LogP contribution in [0, 0.1) is 41.5 Å². The lowest BCUT2D eigenvalue weighted by atomic mass is 9.93. The molecule has 3 heteroatoms. The van der Waals surface area contributed by atoms with Crippen molar-refractivity contribution in [2.75, 3.05) is 14.7 Å². The number of nitrogens with zero attached hydrogens (tertiary/aromatic N) is 3. The van der Waals surface area contributed by atoms with Crippen LogP contribution in [0.15, 0.2) is 237 Å². The largest absolute Gasteiger partial charge is 0.310 e. The van der Waals surface area contributed by atoms with Crippen LogP contribution in [-0.4, -0.2) is 0 Å². The van der Waals surface area contributed by atoms with Gasteiger partial charge in [-0.15, -0.1) is 0 Å². The predicted octanol–water partition coefficient (Wildman–Crippen LogP) is 18.9. The predicted molar refractivity (Wildman–Crippen MR) is 295 cm³/mol. The summed E-state index contributed by atoms with van der Waals surface area (Å²) in [4.78, 5) is 7.07. The van der Waals surface area contributed by atoms with Crippen LogP contribution in [0.25, 0.3) is 33.4 Å². The van der Waals surface area contributed by atoms with Gasteiger partial charge in [0.1, 0.15) is 0 Å². The highest BCUT2D eigenvalue weighted by atomic mass is 15.2. The molecular formula is C66H57N3. The Morgan fingerprint density at radius 1 is 0.203 bits per heavy atom. The first-order valence-corrected chi connectivity index (χ1v) is 23.9. The van der Waals surface area contributed by atoms with Gasteiger partial charge >= 0.3 is 0 Å². The van der Waals surface area contributed by atoms with Gasteiger partial charge in [0.15, 0.2) is 0 Å². The Bertz CT molecular complexity index is 2980. The molecule has 0 spiro atoms. The molecule has 0 aliphatic carbocycles. The average Bonchev–Trinajstić information content (AvgIpc) is 3.38. The van der Waals surface area contributed by atoms with Crippen LogP contribution in [0.2, 0.25) is 0 Å². The van der Waals surface area contributed by atoms with Gasteiger partial charge in [0.05, 0.1) is 0 Å². The first-order chi connectivity index (χ1) is 33.7. The van der Waals surface area contributed by atoms with E-state index in [4.69, 9.17) is 0 Å². The third-order valence-electron chi connectivity index (χ3n) is 13.1. The van der Waals surface area contributed by atoms with E-state index in [2.05, 4.69) is 293 Å². The summed E-state index contributed by atoms with van der Waals surface area (Å²) in [7, 11) is 0. The van der Waals surface area contributed by atoms with Crippen molar-refractivity contribution in [2.45, 2.75) is 41.5 Å². The molecule has 0 bridgehead atoms. The fourth-order valence-corrected chi connectivity index (χ4v) is 9.72. The van der Waals surface area contributed by atoms with Crippen LogP contribution >= 0.6 is 0 Å². The fraction of sp³-hybridized carbons (Fsp3) is 0.0909. The third-order valence-corrected chi connectivity index (χ3v) is 13.1. The van der Waals surface area contributed by atoms with E-state index in [1.54, 1.807) is 0 Å². The van der Waals surface area contributed by atoms with E-state index in [9.17, 15) is 0 Å². The maximum atomic E-state index is 2.36. The lowest BCUT2D eigenvalue weighted by molar-refractivity contribution is 1.24. The minimum absolute atomic E-state index is 1.11. The highest BCUT2D eigenvalue weighted by molar-refractivity contribution is 5.87. The van der Waals surface area contributed by atoms with Crippen molar-refractivity contribution in [2.24, 2.45) is 0 Å². The average molecular weight is 892 g/mol. The monoisotopic (exact) mass is 891 g/mol. The second kappa shape index (κ2) is 19.4. The molecule has 10 aromatic rings. The molecule has 0 aliphatic rings. The lowest BCUT2D eigenvalue weighted by Gasteiger charge is -2.27. The SMILES string of the molecule is Cc1ccc(N(c2ccccc2)c2ccc(-c3cc(-c4ccc(N(c5ccccc5)c5ccc(C)cc5C)cc4)cc(-c4ccc(N(c5ccccc5)c5ccc(C)cc5C)cc4)c3)cc2)c(C)c1. The standard InChI is InChI=1S/C66H57N3/c1-46-22-37-64(49(4)40-46)67(58-16-10-7-11-17-58)61-31-25-52(26-32-61)55-43-56(53-27-33-62(34-28-53)68(59-18-12-8-13-19-59)65-38-23-47(2)41-50(65)5)45-57(44-55)54-29-35-63(36-30-54)69(60-20-14-9-15-21-60)66-39-24-48(3)42-51(66)6/h7-45H,1-6H3. The number of benzene rings is 10. The number of hydrogen-bond acceptors (Lipinski definition) is 3. The molecule has 0 N–H and O–H groups in total. The summed E-state index contributed by atoms with van der Waals surface area (Å²) in [6.45, 7) is 13.1. The first kappa shape index (κ1) is 44.4. The van der Waals surface area contributed by atoms with Gasteiger partial charge in [0, 0.05) is 51.2 Å². The zero-order valence-corrected chi connectivity index (χ0v) is 40.4. The van der Waals surface area contributed by atoms with Crippen molar-refractivity contribution in [1.29, 1.82) is 0 Å². The second-order valence-electron chi connectivity index (χ2n) is 18.3. The fourth-order valence-electron chi connectivity index (χ4n) is 9.72. The Kier molecular flexibility index (Phi) is 12.5. The summed E-state index contributed by atoms with van der Waals surface area (Å²) < 4.78 is 0. The molecule has 336 valence electrons. The number of rotatable bonds is 12. The van der Waals surface area contributed by atoms with Gasteiger partial charge in [0.2, 0.25) is 0 Å². The van der Waals surface area contributed by atoms with Crippen LogP contribution in [-0.2, 0) is 0 Å². The Balaban J connectivity index is 1.07. The van der Waals surface area contributed by atoms with Crippen LogP contribution in [0.4, 0.5) is 51.2 Å². The molecule has 10 rings (SSSR count). The van der Waals surface area contributed by atoms with Gasteiger partial charge in [-0.2, -0.15) is 0 Å². The zero-order chi connectivity index (χ0) is 47.4. The molecule has 10 aromatic carbocycles. The maximum Gasteiger partial charge on any atom is 0.0490 e. The Morgan fingerprint density at radius 2 is 0.435 bits per heavy atom. The van der Waals surface area contributed by atoms with Crippen molar-refractivity contribution in [3.05, 3.63) is 270 Å². The highest BCUT2D eigenvalue weighted by Gasteiger charge is 2.19. The third kappa shape index (κ3) is 9.46. The summed E-state index contributed by atoms with van der Waals surface area (Å²) in [6, 6.07) is 86.3. The zero-order valence-electron chi connectivity index (χ0n) is 40.4. The maximum absolute atomic E-state index is 2.36. The second-order valence-corrected chi connectivity index (χ2v) is 18.3. The van der Waals surface area contributed by atoms with E-state index >= 15 is 0 Å². The van der Waals surface area contributed by atoms with Gasteiger partial charge < -0.3 is 14.7 Å². The van der Waals surface area contributed by atoms with Gasteiger partial charge in [-0.05, 0) is 201 Å². The highest BCUT2D eigenvalue weighted by Crippen LogP contribution is 2.42. The van der Waals surface area contributed by atoms with Crippen LogP contribution < -0.4 is 14.7 Å². The van der Waals surface area contributed by atoms with Crippen molar-refractivity contribution >= 4 is 51.2 Å². The topological polar surface area (TPSA) is 9.72 Å².